The Labute approximate surface area is 136 Å². The van der Waals surface area contributed by atoms with Crippen molar-refractivity contribution in [2.75, 3.05) is 26.7 Å². The van der Waals surface area contributed by atoms with E-state index in [0.29, 0.717) is 24.8 Å². The van der Waals surface area contributed by atoms with E-state index in [4.69, 9.17) is 4.52 Å². The molecule has 6 heteroatoms. The Balaban J connectivity index is 1.59. The number of nitrogens with zero attached hydrogens (tertiary/aromatic N) is 4. The summed E-state index contributed by atoms with van der Waals surface area (Å²) >= 11 is 0. The van der Waals surface area contributed by atoms with Crippen LogP contribution >= 0.6 is 0 Å². The number of carbonyl (C=O) groups is 1. The van der Waals surface area contributed by atoms with E-state index in [1.54, 1.807) is 0 Å². The van der Waals surface area contributed by atoms with E-state index in [-0.39, 0.29) is 5.91 Å². The molecular weight excluding hydrogens is 292 g/mol. The van der Waals surface area contributed by atoms with Gasteiger partial charge in [-0.25, -0.2) is 0 Å². The number of carbonyl (C=O) groups excluding carboxylic acids is 1. The van der Waals surface area contributed by atoms with Gasteiger partial charge in [-0.15, -0.1) is 0 Å². The van der Waals surface area contributed by atoms with Crippen LogP contribution in [0.1, 0.15) is 24.2 Å². The van der Waals surface area contributed by atoms with E-state index in [9.17, 15) is 4.79 Å². The molecule has 1 aromatic heterocycles. The number of amides is 1. The summed E-state index contributed by atoms with van der Waals surface area (Å²) < 4.78 is 5.33. The maximum absolute atomic E-state index is 12.1. The third-order valence-corrected chi connectivity index (χ3v) is 4.01. The van der Waals surface area contributed by atoms with Gasteiger partial charge < -0.3 is 9.42 Å². The van der Waals surface area contributed by atoms with E-state index in [2.05, 4.69) is 10.1 Å². The van der Waals surface area contributed by atoms with E-state index in [1.807, 2.05) is 48.0 Å². The molecule has 6 nitrogen and oxygen atoms in total. The fraction of sp³-hybridized carbons (Fsp3) is 0.471. The smallest absolute Gasteiger partial charge is 0.257 e. The predicted molar refractivity (Wildman–Crippen MR) is 86.6 cm³/mol. The summed E-state index contributed by atoms with van der Waals surface area (Å²) in [6.45, 7) is 4.67. The molecule has 0 spiro atoms. The van der Waals surface area contributed by atoms with Gasteiger partial charge in [0.25, 0.3) is 5.89 Å². The van der Waals surface area contributed by atoms with E-state index < -0.39 is 0 Å². The van der Waals surface area contributed by atoms with Crippen LogP contribution in [0.25, 0.3) is 11.5 Å². The minimum atomic E-state index is 0.174. The zero-order valence-electron chi connectivity index (χ0n) is 13.7. The van der Waals surface area contributed by atoms with Crippen LogP contribution in [0.2, 0.25) is 0 Å². The highest BCUT2D eigenvalue weighted by Gasteiger charge is 2.20. The molecule has 0 aliphatic carbocycles. The molecule has 0 N–H and O–H groups in total. The minimum Gasteiger partial charge on any atom is -0.342 e. The van der Waals surface area contributed by atoms with Crippen molar-refractivity contribution in [3.8, 4) is 11.5 Å². The second kappa shape index (κ2) is 6.91. The first kappa shape index (κ1) is 15.7. The summed E-state index contributed by atoms with van der Waals surface area (Å²) in [4.78, 5) is 20.4. The number of rotatable bonds is 5. The van der Waals surface area contributed by atoms with Gasteiger partial charge in [0.1, 0.15) is 0 Å². The van der Waals surface area contributed by atoms with Crippen LogP contribution < -0.4 is 0 Å². The van der Waals surface area contributed by atoms with Crippen molar-refractivity contribution in [3.63, 3.8) is 0 Å². The average molecular weight is 314 g/mol. The number of aromatic nitrogens is 2. The van der Waals surface area contributed by atoms with Crippen molar-refractivity contribution in [1.29, 1.82) is 0 Å². The molecule has 1 aromatic carbocycles. The van der Waals surface area contributed by atoms with Gasteiger partial charge in [-0.2, -0.15) is 4.98 Å². The summed E-state index contributed by atoms with van der Waals surface area (Å²) in [6.07, 6.45) is 2.22. The van der Waals surface area contributed by atoms with Crippen molar-refractivity contribution >= 4 is 5.91 Å². The van der Waals surface area contributed by atoms with Crippen molar-refractivity contribution in [1.82, 2.24) is 19.9 Å². The lowest BCUT2D eigenvalue weighted by molar-refractivity contribution is -0.131. The van der Waals surface area contributed by atoms with Crippen LogP contribution in [0.5, 0.6) is 0 Å². The van der Waals surface area contributed by atoms with Gasteiger partial charge in [-0.1, -0.05) is 22.9 Å². The number of hydrogen-bond acceptors (Lipinski definition) is 5. The first-order valence-electron chi connectivity index (χ1n) is 7.98. The molecular formula is C17H22N4O2. The van der Waals surface area contributed by atoms with Gasteiger partial charge in [0.15, 0.2) is 5.82 Å². The standard InChI is InChI=1S/C17H22N4O2/c1-13-6-5-7-14(10-13)17-18-15(19-23-17)11-20(2)12-16(22)21-8-3-4-9-21/h5-7,10H,3-4,8-9,11-12H2,1-2H3. The lowest BCUT2D eigenvalue weighted by Gasteiger charge is -2.19. The van der Waals surface area contributed by atoms with Crippen LogP contribution in [0, 0.1) is 6.92 Å². The van der Waals surface area contributed by atoms with Gasteiger partial charge in [0, 0.05) is 18.7 Å². The molecule has 1 amide bonds. The molecule has 0 radical (unpaired) electrons. The molecule has 1 fully saturated rings. The molecule has 0 saturated carbocycles. The minimum absolute atomic E-state index is 0.174. The number of hydrogen-bond donors (Lipinski definition) is 0. The van der Waals surface area contributed by atoms with E-state index in [0.717, 1.165) is 37.1 Å². The fourth-order valence-corrected chi connectivity index (χ4v) is 2.81. The number of benzene rings is 1. The Hall–Kier alpha value is -2.21. The highest BCUT2D eigenvalue weighted by molar-refractivity contribution is 5.78. The normalized spacial score (nSPS) is 14.7. The Morgan fingerprint density at radius 3 is 2.87 bits per heavy atom. The SMILES string of the molecule is Cc1cccc(-c2nc(CN(C)CC(=O)N3CCCC3)no2)c1. The molecule has 3 rings (SSSR count). The van der Waals surface area contributed by atoms with Crippen LogP contribution in [-0.4, -0.2) is 52.5 Å². The van der Waals surface area contributed by atoms with Crippen LogP contribution in [-0.2, 0) is 11.3 Å². The Morgan fingerprint density at radius 2 is 2.13 bits per heavy atom. The molecule has 23 heavy (non-hydrogen) atoms. The monoisotopic (exact) mass is 314 g/mol. The molecule has 2 heterocycles. The van der Waals surface area contributed by atoms with Gasteiger partial charge >= 0.3 is 0 Å². The zero-order chi connectivity index (χ0) is 16.2. The van der Waals surface area contributed by atoms with Crippen molar-refractivity contribution < 1.29 is 9.32 Å². The van der Waals surface area contributed by atoms with Crippen molar-refractivity contribution in [2.24, 2.45) is 0 Å². The number of likely N-dealkylation sites (N-methyl/N-ethyl adjacent to an activating group) is 1. The van der Waals surface area contributed by atoms with Gasteiger partial charge in [-0.3, -0.25) is 9.69 Å². The maximum Gasteiger partial charge on any atom is 0.257 e. The van der Waals surface area contributed by atoms with Gasteiger partial charge in [0.2, 0.25) is 5.91 Å². The molecule has 0 atom stereocenters. The molecule has 1 aliphatic heterocycles. The van der Waals surface area contributed by atoms with Crippen LogP contribution in [0.15, 0.2) is 28.8 Å². The third kappa shape index (κ3) is 3.96. The van der Waals surface area contributed by atoms with Crippen LogP contribution in [0.4, 0.5) is 0 Å². The van der Waals surface area contributed by atoms with E-state index in [1.165, 1.54) is 0 Å². The molecule has 1 saturated heterocycles. The quantitative estimate of drug-likeness (QED) is 0.846. The summed E-state index contributed by atoms with van der Waals surface area (Å²) in [5.41, 5.74) is 2.06. The maximum atomic E-state index is 12.1. The molecule has 2 aromatic rings. The lowest BCUT2D eigenvalue weighted by Crippen LogP contribution is -2.37. The number of likely N-dealkylation sites (tertiary alicyclic amines) is 1. The summed E-state index contributed by atoms with van der Waals surface area (Å²) in [6, 6.07) is 7.96. The molecule has 122 valence electrons. The third-order valence-electron chi connectivity index (χ3n) is 4.01. The Morgan fingerprint density at radius 1 is 1.35 bits per heavy atom. The number of aryl methyl sites for hydroxylation is 1. The Kier molecular flexibility index (Phi) is 4.71. The highest BCUT2D eigenvalue weighted by Crippen LogP contribution is 2.18. The Bertz CT molecular complexity index is 677. The van der Waals surface area contributed by atoms with E-state index >= 15 is 0 Å². The second-order valence-electron chi connectivity index (χ2n) is 6.15. The largest absolute Gasteiger partial charge is 0.342 e. The fourth-order valence-electron chi connectivity index (χ4n) is 2.81. The highest BCUT2D eigenvalue weighted by atomic mass is 16.5. The molecule has 0 unspecified atom stereocenters. The first-order chi connectivity index (χ1) is 11.1. The first-order valence-corrected chi connectivity index (χ1v) is 7.98. The topological polar surface area (TPSA) is 62.5 Å². The van der Waals surface area contributed by atoms with Crippen LogP contribution in [0.3, 0.4) is 0 Å². The summed E-state index contributed by atoms with van der Waals surface area (Å²) in [7, 11) is 1.90. The average Bonchev–Trinajstić information content (AvgIpc) is 3.18. The van der Waals surface area contributed by atoms with Gasteiger partial charge in [-0.05, 0) is 38.9 Å². The predicted octanol–water partition coefficient (Wildman–Crippen LogP) is 2.10. The summed E-state index contributed by atoms with van der Waals surface area (Å²) in [5, 5.41) is 4.01. The zero-order valence-corrected chi connectivity index (χ0v) is 13.7. The molecule has 0 bridgehead atoms. The van der Waals surface area contributed by atoms with Crippen molar-refractivity contribution in [2.45, 2.75) is 26.3 Å². The lowest BCUT2D eigenvalue weighted by atomic mass is 10.1. The molecule has 1 aliphatic rings. The summed E-state index contributed by atoms with van der Waals surface area (Å²) in [5.74, 6) is 1.29. The van der Waals surface area contributed by atoms with Gasteiger partial charge in [0.05, 0.1) is 13.1 Å². The second-order valence-corrected chi connectivity index (χ2v) is 6.15. The van der Waals surface area contributed by atoms with Crippen molar-refractivity contribution in [3.05, 3.63) is 35.7 Å².